The molecule has 2 aromatic carbocycles. The fourth-order valence-corrected chi connectivity index (χ4v) is 3.65. The van der Waals surface area contributed by atoms with Crippen molar-refractivity contribution in [1.82, 2.24) is 14.3 Å². The Balaban J connectivity index is 1.42. The second kappa shape index (κ2) is 8.03. The Kier molecular flexibility index (Phi) is 5.26. The average Bonchev–Trinajstić information content (AvgIpc) is 3.25. The first-order valence-corrected chi connectivity index (χ1v) is 9.60. The molecule has 0 fully saturated rings. The molecule has 2 heterocycles. The summed E-state index contributed by atoms with van der Waals surface area (Å²) in [7, 11) is 1.98. The Morgan fingerprint density at radius 3 is 2.61 bits per heavy atom. The predicted molar refractivity (Wildman–Crippen MR) is 112 cm³/mol. The van der Waals surface area contributed by atoms with Crippen LogP contribution < -0.4 is 5.32 Å². The van der Waals surface area contributed by atoms with Crippen molar-refractivity contribution in [2.24, 2.45) is 7.05 Å². The van der Waals surface area contributed by atoms with E-state index in [1.807, 2.05) is 42.9 Å². The van der Waals surface area contributed by atoms with Gasteiger partial charge in [-0.1, -0.05) is 6.07 Å². The van der Waals surface area contributed by atoms with E-state index < -0.39 is 17.2 Å². The van der Waals surface area contributed by atoms with Crippen LogP contribution in [0.5, 0.6) is 0 Å². The molecular formula is C23H19F2N5O. The number of nitrogens with zero attached hydrogens (tertiary/aromatic N) is 4. The zero-order chi connectivity index (χ0) is 22.1. The number of nitriles is 1. The first-order chi connectivity index (χ1) is 14.8. The molecular weight excluding hydrogens is 400 g/mol. The highest BCUT2D eigenvalue weighted by molar-refractivity contribution is 5.92. The molecule has 156 valence electrons. The first-order valence-electron chi connectivity index (χ1n) is 9.60. The molecule has 1 amide bonds. The third-order valence-electron chi connectivity index (χ3n) is 5.08. The molecule has 0 aliphatic heterocycles. The van der Waals surface area contributed by atoms with Crippen molar-refractivity contribution in [3.05, 3.63) is 82.7 Å². The molecule has 0 spiro atoms. The fourth-order valence-electron chi connectivity index (χ4n) is 3.65. The number of benzene rings is 2. The van der Waals surface area contributed by atoms with E-state index in [1.54, 1.807) is 12.3 Å². The maximum absolute atomic E-state index is 13.8. The van der Waals surface area contributed by atoms with E-state index in [9.17, 15) is 13.6 Å². The fraction of sp³-hybridized carbons (Fsp3) is 0.174. The summed E-state index contributed by atoms with van der Waals surface area (Å²) >= 11 is 0. The average molecular weight is 419 g/mol. The minimum absolute atomic E-state index is 0.0966. The first kappa shape index (κ1) is 20.3. The smallest absolute Gasteiger partial charge is 0.229 e. The number of anilines is 1. The van der Waals surface area contributed by atoms with Gasteiger partial charge in [-0.2, -0.15) is 10.4 Å². The number of fused-ring (bicyclic) bond motifs is 1. The van der Waals surface area contributed by atoms with Crippen molar-refractivity contribution in [1.29, 1.82) is 5.26 Å². The predicted octanol–water partition coefficient (Wildman–Crippen LogP) is 4.06. The summed E-state index contributed by atoms with van der Waals surface area (Å²) in [6, 6.07) is 11.2. The molecule has 0 aliphatic carbocycles. The van der Waals surface area contributed by atoms with Crippen LogP contribution in [0.4, 0.5) is 14.6 Å². The van der Waals surface area contributed by atoms with Crippen molar-refractivity contribution < 1.29 is 13.6 Å². The van der Waals surface area contributed by atoms with Crippen molar-refractivity contribution in [3.8, 4) is 6.07 Å². The molecule has 31 heavy (non-hydrogen) atoms. The summed E-state index contributed by atoms with van der Waals surface area (Å²) in [5.41, 5.74) is 2.86. The van der Waals surface area contributed by atoms with E-state index >= 15 is 0 Å². The number of nitrogens with one attached hydrogen (secondary N) is 1. The van der Waals surface area contributed by atoms with E-state index in [-0.39, 0.29) is 18.9 Å². The lowest BCUT2D eigenvalue weighted by molar-refractivity contribution is -0.115. The number of hydrogen-bond acceptors (Lipinski definition) is 3. The highest BCUT2D eigenvalue weighted by atomic mass is 19.1. The van der Waals surface area contributed by atoms with Crippen LogP contribution in [0.1, 0.15) is 22.3 Å². The molecule has 2 aromatic heterocycles. The van der Waals surface area contributed by atoms with Gasteiger partial charge in [-0.05, 0) is 47.9 Å². The van der Waals surface area contributed by atoms with Crippen LogP contribution in [0.2, 0.25) is 0 Å². The Morgan fingerprint density at radius 2 is 1.90 bits per heavy atom. The minimum Gasteiger partial charge on any atom is -0.350 e. The number of amides is 1. The lowest BCUT2D eigenvalue weighted by Gasteiger charge is -2.05. The number of carbonyl (C=O) groups is 1. The highest BCUT2D eigenvalue weighted by Gasteiger charge is 2.12. The molecule has 8 heteroatoms. The molecule has 0 radical (unpaired) electrons. The van der Waals surface area contributed by atoms with Gasteiger partial charge in [0, 0.05) is 36.4 Å². The Bertz CT molecular complexity index is 1320. The normalized spacial score (nSPS) is 10.9. The summed E-state index contributed by atoms with van der Waals surface area (Å²) in [6.07, 6.45) is 3.85. The summed E-state index contributed by atoms with van der Waals surface area (Å²) < 4.78 is 31.0. The van der Waals surface area contributed by atoms with Crippen LogP contribution in [0, 0.1) is 29.9 Å². The van der Waals surface area contributed by atoms with Gasteiger partial charge in [0.25, 0.3) is 0 Å². The van der Waals surface area contributed by atoms with Gasteiger partial charge in [0.05, 0.1) is 13.0 Å². The van der Waals surface area contributed by atoms with Gasteiger partial charge in [0.2, 0.25) is 5.91 Å². The monoisotopic (exact) mass is 419 g/mol. The largest absolute Gasteiger partial charge is 0.350 e. The van der Waals surface area contributed by atoms with E-state index in [1.165, 1.54) is 10.8 Å². The molecule has 0 saturated carbocycles. The van der Waals surface area contributed by atoms with Crippen LogP contribution in [0.25, 0.3) is 10.9 Å². The molecule has 0 bridgehead atoms. The second-order valence-corrected chi connectivity index (χ2v) is 7.44. The van der Waals surface area contributed by atoms with E-state index in [4.69, 9.17) is 5.26 Å². The van der Waals surface area contributed by atoms with Gasteiger partial charge in [-0.25, -0.2) is 8.78 Å². The summed E-state index contributed by atoms with van der Waals surface area (Å²) in [5.74, 6) is -1.70. The SMILES string of the molecule is Cc1cn(C)c2ccc(CC(=O)Nc3ccn(Cc4cc(F)c(C#N)c(F)c4)n3)cc12. The highest BCUT2D eigenvalue weighted by Crippen LogP contribution is 2.22. The third kappa shape index (κ3) is 4.16. The van der Waals surface area contributed by atoms with Crippen LogP contribution in [0.15, 0.2) is 48.8 Å². The van der Waals surface area contributed by atoms with Crippen molar-refractivity contribution >= 4 is 22.6 Å². The number of rotatable bonds is 5. The Labute approximate surface area is 177 Å². The maximum Gasteiger partial charge on any atom is 0.229 e. The van der Waals surface area contributed by atoms with Gasteiger partial charge >= 0.3 is 0 Å². The molecule has 4 rings (SSSR count). The van der Waals surface area contributed by atoms with Crippen molar-refractivity contribution in [2.75, 3.05) is 5.32 Å². The molecule has 1 N–H and O–H groups in total. The Morgan fingerprint density at radius 1 is 1.16 bits per heavy atom. The summed E-state index contributed by atoms with van der Waals surface area (Å²) in [5, 5.41) is 16.8. The zero-order valence-electron chi connectivity index (χ0n) is 17.0. The summed E-state index contributed by atoms with van der Waals surface area (Å²) in [4.78, 5) is 12.4. The lowest BCUT2D eigenvalue weighted by atomic mass is 10.1. The molecule has 0 aliphatic rings. The summed E-state index contributed by atoms with van der Waals surface area (Å²) in [6.45, 7) is 2.13. The zero-order valence-corrected chi connectivity index (χ0v) is 17.0. The van der Waals surface area contributed by atoms with Gasteiger partial charge in [-0.15, -0.1) is 0 Å². The number of carbonyl (C=O) groups excluding carboxylic acids is 1. The third-order valence-corrected chi connectivity index (χ3v) is 5.08. The molecule has 0 atom stereocenters. The van der Waals surface area contributed by atoms with Gasteiger partial charge in [0.1, 0.15) is 23.3 Å². The standard InChI is InChI=1S/C23H19F2N5O/c1-14-12-29(2)21-4-3-15(7-17(14)21)10-23(31)27-22-5-6-30(28-22)13-16-8-19(24)18(11-26)20(25)9-16/h3-9,12H,10,13H2,1-2H3,(H,27,28,31). The van der Waals surface area contributed by atoms with E-state index in [2.05, 4.69) is 10.4 Å². The van der Waals surface area contributed by atoms with Crippen molar-refractivity contribution in [2.45, 2.75) is 19.9 Å². The van der Waals surface area contributed by atoms with Crippen LogP contribution in [-0.2, 0) is 24.8 Å². The van der Waals surface area contributed by atoms with Crippen LogP contribution in [0.3, 0.4) is 0 Å². The molecule has 4 aromatic rings. The van der Waals surface area contributed by atoms with Crippen LogP contribution in [-0.4, -0.2) is 20.3 Å². The van der Waals surface area contributed by atoms with Gasteiger partial charge in [-0.3, -0.25) is 9.48 Å². The number of aromatic nitrogens is 3. The topological polar surface area (TPSA) is 75.6 Å². The number of halogens is 2. The van der Waals surface area contributed by atoms with Gasteiger partial charge in [0.15, 0.2) is 5.82 Å². The minimum atomic E-state index is -0.913. The van der Waals surface area contributed by atoms with E-state index in [0.29, 0.717) is 11.4 Å². The Hall–Kier alpha value is -3.99. The lowest BCUT2D eigenvalue weighted by Crippen LogP contribution is -2.15. The van der Waals surface area contributed by atoms with Crippen LogP contribution >= 0.6 is 0 Å². The number of hydrogen-bond donors (Lipinski definition) is 1. The quantitative estimate of drug-likeness (QED) is 0.530. The van der Waals surface area contributed by atoms with E-state index in [0.717, 1.165) is 34.2 Å². The maximum atomic E-state index is 13.8. The molecule has 0 saturated heterocycles. The molecule has 0 unspecified atom stereocenters. The second-order valence-electron chi connectivity index (χ2n) is 7.44. The van der Waals surface area contributed by atoms with Crippen molar-refractivity contribution in [3.63, 3.8) is 0 Å². The number of aryl methyl sites for hydroxylation is 2. The molecule has 6 nitrogen and oxygen atoms in total. The van der Waals surface area contributed by atoms with Gasteiger partial charge < -0.3 is 9.88 Å².